The second-order valence-corrected chi connectivity index (χ2v) is 8.08. The lowest BCUT2D eigenvalue weighted by Gasteiger charge is -2.32. The molecule has 0 radical (unpaired) electrons. The van der Waals surface area contributed by atoms with Crippen molar-refractivity contribution in [2.45, 2.75) is 51.4 Å². The molecule has 4 rings (SSSR count). The van der Waals surface area contributed by atoms with E-state index in [1.807, 2.05) is 0 Å². The SMILES string of the molecule is O=C1CCCCC(=O)N(CN2C(=O)CCCCC(=O)c3ccccc32)c2ccccc21. The van der Waals surface area contributed by atoms with Gasteiger partial charge in [0.25, 0.3) is 0 Å². The van der Waals surface area contributed by atoms with Gasteiger partial charge in [0.2, 0.25) is 11.8 Å². The zero-order chi connectivity index (χ0) is 21.8. The van der Waals surface area contributed by atoms with Crippen LogP contribution in [0.1, 0.15) is 72.1 Å². The number of carbonyl (C=O) groups excluding carboxylic acids is 4. The van der Waals surface area contributed by atoms with Crippen LogP contribution >= 0.6 is 0 Å². The van der Waals surface area contributed by atoms with E-state index in [9.17, 15) is 19.2 Å². The van der Waals surface area contributed by atoms with Crippen molar-refractivity contribution < 1.29 is 19.2 Å². The van der Waals surface area contributed by atoms with Gasteiger partial charge in [-0.1, -0.05) is 24.3 Å². The number of para-hydroxylation sites is 2. The molecule has 0 spiro atoms. The van der Waals surface area contributed by atoms with Crippen molar-refractivity contribution in [3.05, 3.63) is 59.7 Å². The molecule has 0 unspecified atom stereocenters. The van der Waals surface area contributed by atoms with Crippen molar-refractivity contribution in [3.63, 3.8) is 0 Å². The van der Waals surface area contributed by atoms with Gasteiger partial charge in [0.1, 0.15) is 6.67 Å². The first kappa shape index (κ1) is 21.0. The number of carbonyl (C=O) groups is 4. The zero-order valence-corrected chi connectivity index (χ0v) is 17.5. The molecule has 6 heteroatoms. The molecule has 2 heterocycles. The molecule has 0 N–H and O–H groups in total. The Morgan fingerprint density at radius 3 is 1.39 bits per heavy atom. The molecule has 160 valence electrons. The molecule has 0 bridgehead atoms. The van der Waals surface area contributed by atoms with Crippen LogP contribution in [0.2, 0.25) is 0 Å². The summed E-state index contributed by atoms with van der Waals surface area (Å²) in [6.45, 7) is -0.0216. The van der Waals surface area contributed by atoms with Gasteiger partial charge in [-0.2, -0.15) is 0 Å². The van der Waals surface area contributed by atoms with Crippen LogP contribution in [0, 0.1) is 0 Å². The summed E-state index contributed by atoms with van der Waals surface area (Å²) in [4.78, 5) is 54.9. The Morgan fingerprint density at radius 2 is 0.935 bits per heavy atom. The number of hydrogen-bond donors (Lipinski definition) is 0. The van der Waals surface area contributed by atoms with Gasteiger partial charge in [0, 0.05) is 36.8 Å². The molecule has 0 aromatic heterocycles. The van der Waals surface area contributed by atoms with Crippen molar-refractivity contribution in [3.8, 4) is 0 Å². The van der Waals surface area contributed by atoms with Crippen LogP contribution in [0.4, 0.5) is 11.4 Å². The van der Waals surface area contributed by atoms with E-state index in [0.717, 1.165) is 0 Å². The minimum atomic E-state index is -0.126. The third kappa shape index (κ3) is 4.43. The van der Waals surface area contributed by atoms with Gasteiger partial charge < -0.3 is 0 Å². The molecule has 31 heavy (non-hydrogen) atoms. The fourth-order valence-corrected chi connectivity index (χ4v) is 4.27. The van der Waals surface area contributed by atoms with Gasteiger partial charge in [0.15, 0.2) is 11.6 Å². The van der Waals surface area contributed by atoms with Gasteiger partial charge in [-0.15, -0.1) is 0 Å². The maximum atomic E-state index is 13.2. The normalized spacial score (nSPS) is 18.2. The van der Waals surface area contributed by atoms with E-state index < -0.39 is 0 Å². The van der Waals surface area contributed by atoms with Crippen LogP contribution in [0.15, 0.2) is 48.5 Å². The Morgan fingerprint density at radius 1 is 0.548 bits per heavy atom. The number of anilines is 2. The molecule has 6 nitrogen and oxygen atoms in total. The molecular weight excluding hydrogens is 392 g/mol. The van der Waals surface area contributed by atoms with E-state index in [0.29, 0.717) is 73.9 Å². The summed E-state index contributed by atoms with van der Waals surface area (Å²) in [5.41, 5.74) is 2.05. The number of benzene rings is 2. The lowest BCUT2D eigenvalue weighted by atomic mass is 10.0. The van der Waals surface area contributed by atoms with E-state index in [1.165, 1.54) is 9.80 Å². The number of fused-ring (bicyclic) bond motifs is 2. The predicted octanol–water partition coefficient (Wildman–Crippen LogP) is 4.52. The van der Waals surface area contributed by atoms with Crippen molar-refractivity contribution >= 4 is 34.8 Å². The van der Waals surface area contributed by atoms with E-state index in [2.05, 4.69) is 0 Å². The molecule has 0 aliphatic carbocycles. The average molecular weight is 418 g/mol. The maximum absolute atomic E-state index is 13.2. The minimum absolute atomic E-state index is 0.00155. The van der Waals surface area contributed by atoms with Gasteiger partial charge in [-0.3, -0.25) is 29.0 Å². The first-order valence-corrected chi connectivity index (χ1v) is 10.9. The molecule has 0 fully saturated rings. The van der Waals surface area contributed by atoms with E-state index in [-0.39, 0.29) is 30.0 Å². The fraction of sp³-hybridized carbons (Fsp3) is 0.360. The standard InChI is InChI=1S/C25H26N2O4/c28-22-13-5-7-15-24(30)26(20-11-3-1-9-18(20)22)17-27-21-12-4-2-10-19(21)23(29)14-6-8-16-25(27)31/h1-4,9-12H,5-8,13-17H2. The summed E-state index contributed by atoms with van der Waals surface area (Å²) >= 11 is 0. The minimum Gasteiger partial charge on any atom is -0.294 e. The van der Waals surface area contributed by atoms with Crippen LogP contribution in [0.5, 0.6) is 0 Å². The molecular formula is C25H26N2O4. The number of rotatable bonds is 2. The summed E-state index contributed by atoms with van der Waals surface area (Å²) in [5.74, 6) is -0.249. The van der Waals surface area contributed by atoms with Crippen molar-refractivity contribution in [1.29, 1.82) is 0 Å². The summed E-state index contributed by atoms with van der Waals surface area (Å²) in [6, 6.07) is 14.2. The molecule has 0 atom stereocenters. The highest BCUT2D eigenvalue weighted by Gasteiger charge is 2.29. The number of Topliss-reactive ketones (excluding diaryl/α,β-unsaturated/α-hetero) is 2. The second kappa shape index (κ2) is 9.25. The average Bonchev–Trinajstić information content (AvgIpc) is 2.88. The topological polar surface area (TPSA) is 74.8 Å². The van der Waals surface area contributed by atoms with Crippen molar-refractivity contribution in [2.75, 3.05) is 16.5 Å². The summed E-state index contributed by atoms with van der Waals surface area (Å²) in [7, 11) is 0. The first-order valence-electron chi connectivity index (χ1n) is 10.9. The lowest BCUT2D eigenvalue weighted by Crippen LogP contribution is -2.45. The molecule has 2 aromatic rings. The zero-order valence-electron chi connectivity index (χ0n) is 17.5. The highest BCUT2D eigenvalue weighted by Crippen LogP contribution is 2.30. The smallest absolute Gasteiger partial charge is 0.228 e. The van der Waals surface area contributed by atoms with Gasteiger partial charge >= 0.3 is 0 Å². The molecule has 0 saturated heterocycles. The van der Waals surface area contributed by atoms with E-state index in [4.69, 9.17) is 0 Å². The predicted molar refractivity (Wildman–Crippen MR) is 118 cm³/mol. The Kier molecular flexibility index (Phi) is 6.26. The Hall–Kier alpha value is -3.28. The highest BCUT2D eigenvalue weighted by atomic mass is 16.2. The molecule has 0 saturated carbocycles. The summed E-state index contributed by atoms with van der Waals surface area (Å²) < 4.78 is 0. The van der Waals surface area contributed by atoms with Gasteiger partial charge in [-0.25, -0.2) is 0 Å². The molecule has 2 aliphatic heterocycles. The van der Waals surface area contributed by atoms with Crippen LogP contribution < -0.4 is 9.80 Å². The summed E-state index contributed by atoms with van der Waals surface area (Å²) in [5, 5.41) is 0. The van der Waals surface area contributed by atoms with Gasteiger partial charge in [-0.05, 0) is 49.9 Å². The third-order valence-electron chi connectivity index (χ3n) is 5.96. The van der Waals surface area contributed by atoms with Crippen molar-refractivity contribution in [2.24, 2.45) is 0 Å². The van der Waals surface area contributed by atoms with Crippen LogP contribution in [0.3, 0.4) is 0 Å². The quantitative estimate of drug-likeness (QED) is 0.718. The van der Waals surface area contributed by atoms with Crippen LogP contribution in [0.25, 0.3) is 0 Å². The third-order valence-corrected chi connectivity index (χ3v) is 5.96. The summed E-state index contributed by atoms with van der Waals surface area (Å²) in [6.07, 6.45) is 3.99. The number of nitrogens with zero attached hydrogens (tertiary/aromatic N) is 2. The maximum Gasteiger partial charge on any atom is 0.228 e. The number of amides is 2. The number of hydrogen-bond acceptors (Lipinski definition) is 4. The Bertz CT molecular complexity index is 948. The Labute approximate surface area is 181 Å². The largest absolute Gasteiger partial charge is 0.294 e. The van der Waals surface area contributed by atoms with E-state index >= 15 is 0 Å². The molecule has 2 aliphatic rings. The molecule has 2 amide bonds. The van der Waals surface area contributed by atoms with Crippen LogP contribution in [-0.4, -0.2) is 30.0 Å². The number of ketones is 2. The molecule has 2 aromatic carbocycles. The van der Waals surface area contributed by atoms with E-state index in [1.54, 1.807) is 48.5 Å². The van der Waals surface area contributed by atoms with Crippen LogP contribution in [-0.2, 0) is 9.59 Å². The lowest BCUT2D eigenvalue weighted by molar-refractivity contribution is -0.119. The monoisotopic (exact) mass is 418 g/mol. The fourth-order valence-electron chi connectivity index (χ4n) is 4.27. The Balaban J connectivity index is 1.79. The van der Waals surface area contributed by atoms with Crippen molar-refractivity contribution in [1.82, 2.24) is 0 Å². The second-order valence-electron chi connectivity index (χ2n) is 8.08. The highest BCUT2D eigenvalue weighted by molar-refractivity contribution is 6.09. The first-order chi connectivity index (χ1) is 15.1. The van der Waals surface area contributed by atoms with Gasteiger partial charge in [0.05, 0.1) is 11.4 Å².